The second-order valence-corrected chi connectivity index (χ2v) is 4.60. The van der Waals surface area contributed by atoms with Gasteiger partial charge in [-0.2, -0.15) is 0 Å². The fraction of sp³-hybridized carbons (Fsp3) is 0.500. The summed E-state index contributed by atoms with van der Waals surface area (Å²) in [5.41, 5.74) is 3.78. The number of ether oxygens (including phenoxy) is 1. The molecule has 0 unspecified atom stereocenters. The van der Waals surface area contributed by atoms with E-state index >= 15 is 0 Å². The van der Waals surface area contributed by atoms with Gasteiger partial charge < -0.3 is 4.74 Å². The summed E-state index contributed by atoms with van der Waals surface area (Å²) in [6.07, 6.45) is 0. The van der Waals surface area contributed by atoms with Gasteiger partial charge in [-0.15, -0.1) is 0 Å². The largest absolute Gasteiger partial charge is 0.496 e. The number of methoxy groups -OCH3 is 1. The highest BCUT2D eigenvalue weighted by Crippen LogP contribution is 2.29. The standard InChI is InChI=1S/C12H20NO/c1-9-7-11(13(3,4)5)8-12(14-6)10(9)2/h7-8H,1-6H3/q+1. The van der Waals surface area contributed by atoms with Gasteiger partial charge in [-0.1, -0.05) is 0 Å². The van der Waals surface area contributed by atoms with Crippen LogP contribution in [0.2, 0.25) is 0 Å². The highest BCUT2D eigenvalue weighted by Gasteiger charge is 2.15. The number of aryl methyl sites for hydroxylation is 1. The zero-order chi connectivity index (χ0) is 10.9. The van der Waals surface area contributed by atoms with Gasteiger partial charge in [0.05, 0.1) is 28.3 Å². The summed E-state index contributed by atoms with van der Waals surface area (Å²) < 4.78 is 6.17. The third kappa shape index (κ3) is 2.07. The van der Waals surface area contributed by atoms with Crippen molar-refractivity contribution in [1.29, 1.82) is 0 Å². The maximum Gasteiger partial charge on any atom is 0.136 e. The van der Waals surface area contributed by atoms with E-state index in [0.717, 1.165) is 10.2 Å². The van der Waals surface area contributed by atoms with Crippen LogP contribution >= 0.6 is 0 Å². The maximum atomic E-state index is 5.35. The molecule has 1 aromatic carbocycles. The zero-order valence-corrected chi connectivity index (χ0v) is 10.0. The summed E-state index contributed by atoms with van der Waals surface area (Å²) in [4.78, 5) is 0. The lowest BCUT2D eigenvalue weighted by Crippen LogP contribution is -2.34. The van der Waals surface area contributed by atoms with Gasteiger partial charge in [0.25, 0.3) is 0 Å². The average molecular weight is 194 g/mol. The van der Waals surface area contributed by atoms with E-state index in [1.165, 1.54) is 16.8 Å². The summed E-state index contributed by atoms with van der Waals surface area (Å²) in [6.45, 7) is 4.21. The van der Waals surface area contributed by atoms with E-state index in [2.05, 4.69) is 47.1 Å². The number of nitrogens with zero attached hydrogens (tertiary/aromatic N) is 1. The van der Waals surface area contributed by atoms with Crippen LogP contribution in [0.3, 0.4) is 0 Å². The van der Waals surface area contributed by atoms with Crippen LogP contribution in [0.1, 0.15) is 11.1 Å². The van der Waals surface area contributed by atoms with Crippen molar-refractivity contribution in [3.63, 3.8) is 0 Å². The molecule has 0 radical (unpaired) electrons. The molecule has 2 heteroatoms. The van der Waals surface area contributed by atoms with E-state index in [4.69, 9.17) is 4.74 Å². The second kappa shape index (κ2) is 3.62. The molecule has 78 valence electrons. The lowest BCUT2D eigenvalue weighted by molar-refractivity contribution is 0.407. The van der Waals surface area contributed by atoms with Crippen LogP contribution in [0.5, 0.6) is 5.75 Å². The molecule has 0 fully saturated rings. The maximum absolute atomic E-state index is 5.35. The molecule has 0 heterocycles. The minimum absolute atomic E-state index is 0.817. The van der Waals surface area contributed by atoms with E-state index in [0.29, 0.717) is 0 Å². The first-order valence-corrected chi connectivity index (χ1v) is 4.83. The Hall–Kier alpha value is -1.02. The number of hydrogen-bond acceptors (Lipinski definition) is 1. The van der Waals surface area contributed by atoms with Crippen molar-refractivity contribution in [3.05, 3.63) is 23.3 Å². The molecule has 0 N–H and O–H groups in total. The van der Waals surface area contributed by atoms with Gasteiger partial charge in [0, 0.05) is 12.1 Å². The Balaban J connectivity index is 3.30. The van der Waals surface area contributed by atoms with Crippen LogP contribution in [0.15, 0.2) is 12.1 Å². The van der Waals surface area contributed by atoms with E-state index in [1.54, 1.807) is 7.11 Å². The molecule has 0 spiro atoms. The molecule has 1 rings (SSSR count). The van der Waals surface area contributed by atoms with Gasteiger partial charge in [0.1, 0.15) is 11.4 Å². The first kappa shape index (κ1) is 11.1. The number of hydrogen-bond donors (Lipinski definition) is 0. The predicted octanol–water partition coefficient (Wildman–Crippen LogP) is 2.51. The van der Waals surface area contributed by atoms with Crippen molar-refractivity contribution in [2.24, 2.45) is 0 Å². The summed E-state index contributed by atoms with van der Waals surface area (Å²) in [6, 6.07) is 4.33. The quantitative estimate of drug-likeness (QED) is 0.657. The topological polar surface area (TPSA) is 9.23 Å². The smallest absolute Gasteiger partial charge is 0.136 e. The molecule has 1 aromatic rings. The molecule has 0 aliphatic heterocycles. The van der Waals surface area contributed by atoms with Crippen molar-refractivity contribution < 1.29 is 4.74 Å². The highest BCUT2D eigenvalue weighted by atomic mass is 16.5. The van der Waals surface area contributed by atoms with E-state index in [1.807, 2.05) is 0 Å². The molecule has 0 aromatic heterocycles. The van der Waals surface area contributed by atoms with Gasteiger partial charge in [-0.25, -0.2) is 0 Å². The van der Waals surface area contributed by atoms with Gasteiger partial charge in [-0.3, -0.25) is 4.48 Å². The summed E-state index contributed by atoms with van der Waals surface area (Å²) in [7, 11) is 8.19. The van der Waals surface area contributed by atoms with E-state index in [-0.39, 0.29) is 0 Å². The van der Waals surface area contributed by atoms with Crippen LogP contribution in [0, 0.1) is 13.8 Å². The van der Waals surface area contributed by atoms with Crippen LogP contribution in [-0.2, 0) is 0 Å². The summed E-state index contributed by atoms with van der Waals surface area (Å²) in [5, 5.41) is 0. The first-order chi connectivity index (χ1) is 6.36. The van der Waals surface area contributed by atoms with Gasteiger partial charge in [0.2, 0.25) is 0 Å². The van der Waals surface area contributed by atoms with Crippen LogP contribution in [0.25, 0.3) is 0 Å². The Morgan fingerprint density at radius 1 is 1.07 bits per heavy atom. The SMILES string of the molecule is COc1cc([N+](C)(C)C)cc(C)c1C. The average Bonchev–Trinajstić information content (AvgIpc) is 2.07. The molecule has 0 aliphatic rings. The first-order valence-electron chi connectivity index (χ1n) is 4.83. The van der Waals surface area contributed by atoms with Crippen molar-refractivity contribution in [1.82, 2.24) is 4.48 Å². The molecule has 0 atom stereocenters. The molecule has 0 saturated carbocycles. The van der Waals surface area contributed by atoms with Gasteiger partial charge in [-0.05, 0) is 25.0 Å². The van der Waals surface area contributed by atoms with Crippen LogP contribution in [-0.4, -0.2) is 28.3 Å². The molecule has 0 bridgehead atoms. The minimum Gasteiger partial charge on any atom is -0.496 e. The normalized spacial score (nSPS) is 11.6. The van der Waals surface area contributed by atoms with Crippen molar-refractivity contribution in [2.75, 3.05) is 28.3 Å². The summed E-state index contributed by atoms with van der Waals surface area (Å²) >= 11 is 0. The molecule has 0 aliphatic carbocycles. The van der Waals surface area contributed by atoms with Crippen molar-refractivity contribution in [2.45, 2.75) is 13.8 Å². The van der Waals surface area contributed by atoms with Crippen molar-refractivity contribution >= 4 is 5.69 Å². The lowest BCUT2D eigenvalue weighted by atomic mass is 10.1. The zero-order valence-electron chi connectivity index (χ0n) is 10.0. The fourth-order valence-corrected chi connectivity index (χ4v) is 1.41. The van der Waals surface area contributed by atoms with E-state index < -0.39 is 0 Å². The molecule has 14 heavy (non-hydrogen) atoms. The lowest BCUT2D eigenvalue weighted by Gasteiger charge is -2.25. The second-order valence-electron chi connectivity index (χ2n) is 4.60. The Bertz CT molecular complexity index is 337. The van der Waals surface area contributed by atoms with Gasteiger partial charge >= 0.3 is 0 Å². The van der Waals surface area contributed by atoms with Crippen molar-refractivity contribution in [3.8, 4) is 5.75 Å². The molecular formula is C12H20NO+. The van der Waals surface area contributed by atoms with Crippen LogP contribution in [0.4, 0.5) is 5.69 Å². The fourth-order valence-electron chi connectivity index (χ4n) is 1.41. The van der Waals surface area contributed by atoms with E-state index in [9.17, 15) is 0 Å². The monoisotopic (exact) mass is 194 g/mol. The molecule has 2 nitrogen and oxygen atoms in total. The number of benzene rings is 1. The number of rotatable bonds is 2. The third-order valence-corrected chi connectivity index (χ3v) is 2.60. The Morgan fingerprint density at radius 3 is 2.07 bits per heavy atom. The minimum atomic E-state index is 0.817. The number of quaternary nitrogens is 1. The summed E-state index contributed by atoms with van der Waals surface area (Å²) in [5.74, 6) is 0.980. The van der Waals surface area contributed by atoms with Gasteiger partial charge in [0.15, 0.2) is 0 Å². The Morgan fingerprint density at radius 2 is 1.64 bits per heavy atom. The Labute approximate surface area is 86.7 Å². The Kier molecular flexibility index (Phi) is 2.86. The highest BCUT2D eigenvalue weighted by molar-refractivity contribution is 5.53. The predicted molar refractivity (Wildman–Crippen MR) is 62.0 cm³/mol. The molecule has 0 saturated heterocycles. The molecule has 0 amide bonds. The van der Waals surface area contributed by atoms with Crippen LogP contribution < -0.4 is 9.22 Å². The molecular weight excluding hydrogens is 174 g/mol. The third-order valence-electron chi connectivity index (χ3n) is 2.60.